The summed E-state index contributed by atoms with van der Waals surface area (Å²) in [5.41, 5.74) is 2.41. The first kappa shape index (κ1) is 29.5. The maximum absolute atomic E-state index is 13.5. The van der Waals surface area contributed by atoms with Crippen molar-refractivity contribution in [1.29, 1.82) is 0 Å². The summed E-state index contributed by atoms with van der Waals surface area (Å²) in [6, 6.07) is 5.95. The van der Waals surface area contributed by atoms with Gasteiger partial charge in [-0.2, -0.15) is 5.10 Å². The number of aliphatic hydroxyl groups is 2. The molecule has 1 aromatic heterocycles. The number of hydrogen-bond acceptors (Lipinski definition) is 5. The number of carbonyl (C=O) groups is 2. The number of carboxylic acid groups (broad SMARTS) is 1. The van der Waals surface area contributed by atoms with E-state index in [0.717, 1.165) is 36.9 Å². The molecule has 1 aliphatic carbocycles. The van der Waals surface area contributed by atoms with Gasteiger partial charge in [0.15, 0.2) is 5.69 Å². The first-order valence-corrected chi connectivity index (χ1v) is 11.9. The van der Waals surface area contributed by atoms with E-state index in [2.05, 4.69) is 10.4 Å². The van der Waals surface area contributed by atoms with Gasteiger partial charge in [0, 0.05) is 17.3 Å². The third kappa shape index (κ3) is 8.11. The van der Waals surface area contributed by atoms with Gasteiger partial charge in [-0.05, 0) is 62.3 Å². The van der Waals surface area contributed by atoms with Gasteiger partial charge >= 0.3 is 35.5 Å². The second-order valence-electron chi connectivity index (χ2n) is 9.39. The van der Waals surface area contributed by atoms with Crippen molar-refractivity contribution in [3.8, 4) is 5.69 Å². The number of benzene rings is 1. The zero-order valence-electron chi connectivity index (χ0n) is 21.7. The quantitative estimate of drug-likeness (QED) is 0.333. The first-order chi connectivity index (χ1) is 16.2. The Morgan fingerprint density at radius 2 is 1.80 bits per heavy atom. The second-order valence-corrected chi connectivity index (χ2v) is 9.39. The van der Waals surface area contributed by atoms with Crippen molar-refractivity contribution in [1.82, 2.24) is 15.1 Å². The SMILES string of the molecule is CC(C)c1c(C(=O)NC2CCCC2)nn(-c2ccc(F)cc2)c1CC[C@@H](O)C[C@@H](O)CC(=O)O.[H-].[Na+]. The molecular weight excluding hydrogens is 464 g/mol. The number of aromatic nitrogens is 2. The number of halogens is 1. The van der Waals surface area contributed by atoms with E-state index < -0.39 is 24.6 Å². The van der Waals surface area contributed by atoms with Gasteiger partial charge in [0.25, 0.3) is 5.91 Å². The van der Waals surface area contributed by atoms with Crippen LogP contribution in [0.5, 0.6) is 0 Å². The van der Waals surface area contributed by atoms with Gasteiger partial charge in [-0.3, -0.25) is 9.59 Å². The Morgan fingerprint density at radius 3 is 2.37 bits per heavy atom. The van der Waals surface area contributed by atoms with Gasteiger partial charge in [-0.1, -0.05) is 26.7 Å². The van der Waals surface area contributed by atoms with Crippen LogP contribution >= 0.6 is 0 Å². The molecule has 1 fully saturated rings. The van der Waals surface area contributed by atoms with E-state index in [1.807, 2.05) is 13.8 Å². The van der Waals surface area contributed by atoms with E-state index in [9.17, 15) is 24.2 Å². The van der Waals surface area contributed by atoms with Crippen LogP contribution in [-0.4, -0.2) is 55.2 Å². The minimum atomic E-state index is -1.15. The Bertz CT molecular complexity index is 996. The van der Waals surface area contributed by atoms with Crippen LogP contribution in [0.4, 0.5) is 4.39 Å². The predicted octanol–water partition coefficient (Wildman–Crippen LogP) is 0.443. The van der Waals surface area contributed by atoms with Gasteiger partial charge in [0.2, 0.25) is 0 Å². The van der Waals surface area contributed by atoms with E-state index in [0.29, 0.717) is 17.8 Å². The molecule has 0 unspecified atom stereocenters. The summed E-state index contributed by atoms with van der Waals surface area (Å²) >= 11 is 0. The van der Waals surface area contributed by atoms with Crippen molar-refractivity contribution in [2.45, 2.75) is 89.4 Å². The molecule has 4 N–H and O–H groups in total. The molecule has 188 valence electrons. The van der Waals surface area contributed by atoms with E-state index in [4.69, 9.17) is 5.11 Å². The smallest absolute Gasteiger partial charge is 1.00 e. The summed E-state index contributed by atoms with van der Waals surface area (Å²) in [5, 5.41) is 36.8. The topological polar surface area (TPSA) is 125 Å². The normalized spacial score (nSPS) is 15.6. The third-order valence-corrected chi connectivity index (χ3v) is 6.24. The number of carbonyl (C=O) groups excluding carboxylic acids is 1. The minimum Gasteiger partial charge on any atom is -1.00 e. The number of nitrogens with one attached hydrogen (secondary N) is 1. The van der Waals surface area contributed by atoms with Crippen molar-refractivity contribution in [2.24, 2.45) is 0 Å². The summed E-state index contributed by atoms with van der Waals surface area (Å²) < 4.78 is 15.2. The van der Waals surface area contributed by atoms with Gasteiger partial charge in [-0.15, -0.1) is 0 Å². The Kier molecular flexibility index (Phi) is 11.4. The fraction of sp³-hybridized carbons (Fsp3) is 0.560. The van der Waals surface area contributed by atoms with Gasteiger partial charge in [0.05, 0.1) is 24.3 Å². The van der Waals surface area contributed by atoms with Crippen LogP contribution in [-0.2, 0) is 11.2 Å². The maximum atomic E-state index is 13.5. The standard InChI is InChI=1S/C25H34FN3O5.Na.H/c1-15(2)23-21(12-11-19(30)13-20(31)14-22(32)33)29(18-9-7-16(26)8-10-18)28-24(23)25(34)27-17-5-3-4-6-17;;/h7-10,15,17,19-20,30-31H,3-6,11-14H2,1-2H3,(H,27,34)(H,32,33);;/q;+1;-1/t19-,20-;;/m1../s1. The molecule has 0 saturated heterocycles. The summed E-state index contributed by atoms with van der Waals surface area (Å²) in [4.78, 5) is 24.0. The van der Waals surface area contributed by atoms with Crippen molar-refractivity contribution >= 4 is 11.9 Å². The Hall–Kier alpha value is -1.78. The van der Waals surface area contributed by atoms with Crippen LogP contribution in [0, 0.1) is 5.82 Å². The van der Waals surface area contributed by atoms with Crippen LogP contribution in [0.25, 0.3) is 5.69 Å². The number of carboxylic acids is 1. The fourth-order valence-electron chi connectivity index (χ4n) is 4.62. The molecule has 1 amide bonds. The Morgan fingerprint density at radius 1 is 1.17 bits per heavy atom. The second kappa shape index (κ2) is 13.5. The molecule has 0 aliphatic heterocycles. The zero-order valence-corrected chi connectivity index (χ0v) is 22.7. The summed E-state index contributed by atoms with van der Waals surface area (Å²) in [5.74, 6) is -1.80. The molecule has 2 aromatic rings. The number of nitrogens with zero attached hydrogens (tertiary/aromatic N) is 2. The van der Waals surface area contributed by atoms with Crippen molar-refractivity contribution < 1.29 is 60.3 Å². The largest absolute Gasteiger partial charge is 1.00 e. The van der Waals surface area contributed by atoms with Crippen LogP contribution in [0.2, 0.25) is 0 Å². The van der Waals surface area contributed by atoms with Gasteiger partial charge in [0.1, 0.15) is 5.82 Å². The Labute approximate surface area is 228 Å². The van der Waals surface area contributed by atoms with Crippen molar-refractivity contribution in [3.63, 3.8) is 0 Å². The molecule has 35 heavy (non-hydrogen) atoms. The van der Waals surface area contributed by atoms with E-state index in [-0.39, 0.29) is 67.5 Å². The summed E-state index contributed by atoms with van der Waals surface area (Å²) in [7, 11) is 0. The number of aliphatic carboxylic acids is 1. The fourth-order valence-corrected chi connectivity index (χ4v) is 4.62. The van der Waals surface area contributed by atoms with Gasteiger partial charge < -0.3 is 22.1 Å². The van der Waals surface area contributed by atoms with E-state index >= 15 is 0 Å². The minimum absolute atomic E-state index is 0. The average molecular weight is 500 g/mol. The van der Waals surface area contributed by atoms with E-state index in [1.54, 1.807) is 16.8 Å². The average Bonchev–Trinajstić information content (AvgIpc) is 3.39. The van der Waals surface area contributed by atoms with Crippen LogP contribution in [0.1, 0.15) is 87.9 Å². The molecule has 1 aliphatic rings. The van der Waals surface area contributed by atoms with Crippen LogP contribution in [0.15, 0.2) is 24.3 Å². The van der Waals surface area contributed by atoms with Crippen LogP contribution in [0.3, 0.4) is 0 Å². The number of hydrogen-bond donors (Lipinski definition) is 4. The molecular formula is C25H35FN3NaO5. The molecule has 2 atom stereocenters. The molecule has 3 rings (SSSR count). The number of amides is 1. The monoisotopic (exact) mass is 499 g/mol. The molecule has 10 heteroatoms. The number of rotatable bonds is 11. The molecule has 1 heterocycles. The molecule has 0 spiro atoms. The third-order valence-electron chi connectivity index (χ3n) is 6.24. The predicted molar refractivity (Wildman–Crippen MR) is 126 cm³/mol. The van der Waals surface area contributed by atoms with Gasteiger partial charge in [-0.25, -0.2) is 9.07 Å². The molecule has 8 nitrogen and oxygen atoms in total. The van der Waals surface area contributed by atoms with E-state index in [1.165, 1.54) is 12.1 Å². The molecule has 0 bridgehead atoms. The molecule has 1 aromatic carbocycles. The maximum Gasteiger partial charge on any atom is 1.00 e. The van der Waals surface area contributed by atoms with Crippen molar-refractivity contribution in [3.05, 3.63) is 47.0 Å². The first-order valence-electron chi connectivity index (χ1n) is 11.9. The van der Waals surface area contributed by atoms with Crippen LogP contribution < -0.4 is 34.9 Å². The van der Waals surface area contributed by atoms with Crippen molar-refractivity contribution in [2.75, 3.05) is 0 Å². The summed E-state index contributed by atoms with van der Waals surface area (Å²) in [6.45, 7) is 3.93. The molecule has 1 saturated carbocycles. The summed E-state index contributed by atoms with van der Waals surface area (Å²) in [6.07, 6.45) is 2.07. The number of aliphatic hydroxyl groups excluding tert-OH is 2. The molecule has 0 radical (unpaired) electrons. The zero-order chi connectivity index (χ0) is 24.8. The Balaban J connectivity index is 0.00000324.